The summed E-state index contributed by atoms with van der Waals surface area (Å²) in [7, 11) is 0. The van der Waals surface area contributed by atoms with Crippen molar-refractivity contribution in [2.45, 2.75) is 38.3 Å². The number of benzene rings is 1. The number of rotatable bonds is 8. The lowest BCUT2D eigenvalue weighted by atomic mass is 10.1. The molecule has 1 fully saturated rings. The van der Waals surface area contributed by atoms with Gasteiger partial charge in [-0.1, -0.05) is 12.1 Å². The van der Waals surface area contributed by atoms with E-state index in [4.69, 9.17) is 9.47 Å². The Morgan fingerprint density at radius 3 is 2.90 bits per heavy atom. The van der Waals surface area contributed by atoms with Crippen LogP contribution >= 0.6 is 22.6 Å². The second-order valence-electron chi connectivity index (χ2n) is 5.29. The highest BCUT2D eigenvalue weighted by Gasteiger charge is 2.14. The molecule has 1 N–H and O–H groups in total. The first-order chi connectivity index (χ1) is 9.75. The molecule has 0 aromatic heterocycles. The maximum atomic E-state index is 5.65. The molecule has 1 saturated heterocycles. The molecule has 0 radical (unpaired) electrons. The van der Waals surface area contributed by atoms with Crippen molar-refractivity contribution >= 4 is 22.6 Å². The minimum absolute atomic E-state index is 0.341. The van der Waals surface area contributed by atoms with E-state index in [2.05, 4.69) is 59.1 Å². The summed E-state index contributed by atoms with van der Waals surface area (Å²) in [6.45, 7) is 5.66. The lowest BCUT2D eigenvalue weighted by molar-refractivity contribution is 0.0165. The molecule has 3 nitrogen and oxygen atoms in total. The topological polar surface area (TPSA) is 30.5 Å². The predicted octanol–water partition coefficient (Wildman–Crippen LogP) is 3.53. The van der Waals surface area contributed by atoms with Crippen LogP contribution in [0.3, 0.4) is 0 Å². The number of hydrogen-bond acceptors (Lipinski definition) is 3. The Kier molecular flexibility index (Phi) is 7.27. The summed E-state index contributed by atoms with van der Waals surface area (Å²) in [6, 6.07) is 9.07. The highest BCUT2D eigenvalue weighted by Crippen LogP contribution is 2.14. The first-order valence-corrected chi connectivity index (χ1v) is 8.52. The Morgan fingerprint density at radius 1 is 1.40 bits per heavy atom. The number of nitrogens with one attached hydrogen (secondary N) is 1. The zero-order chi connectivity index (χ0) is 14.2. The molecule has 0 spiro atoms. The zero-order valence-corrected chi connectivity index (χ0v) is 14.3. The van der Waals surface area contributed by atoms with Gasteiger partial charge in [-0.2, -0.15) is 0 Å². The summed E-state index contributed by atoms with van der Waals surface area (Å²) in [5, 5.41) is 3.53. The highest BCUT2D eigenvalue weighted by atomic mass is 127. The first kappa shape index (κ1) is 16.2. The molecular formula is C16H24INO2. The van der Waals surface area contributed by atoms with Crippen LogP contribution in [0.25, 0.3) is 0 Å². The van der Waals surface area contributed by atoms with Crippen molar-refractivity contribution in [3.05, 3.63) is 33.4 Å². The van der Waals surface area contributed by atoms with Crippen LogP contribution in [0.15, 0.2) is 24.3 Å². The molecule has 1 aliphatic heterocycles. The van der Waals surface area contributed by atoms with Gasteiger partial charge in [0.2, 0.25) is 0 Å². The van der Waals surface area contributed by atoms with Gasteiger partial charge in [0, 0.05) is 22.8 Å². The van der Waals surface area contributed by atoms with Crippen molar-refractivity contribution < 1.29 is 9.47 Å². The minimum Gasteiger partial charge on any atom is -0.379 e. The Balaban J connectivity index is 1.52. The Bertz CT molecular complexity index is 377. The zero-order valence-electron chi connectivity index (χ0n) is 12.1. The summed E-state index contributed by atoms with van der Waals surface area (Å²) < 4.78 is 12.5. The Labute approximate surface area is 135 Å². The molecule has 1 aromatic rings. The molecule has 1 aliphatic rings. The van der Waals surface area contributed by atoms with E-state index < -0.39 is 0 Å². The molecule has 2 rings (SSSR count). The van der Waals surface area contributed by atoms with E-state index in [0.29, 0.717) is 12.1 Å². The van der Waals surface area contributed by atoms with Gasteiger partial charge in [-0.15, -0.1) is 0 Å². The number of ether oxygens (including phenoxy) is 2. The van der Waals surface area contributed by atoms with E-state index in [9.17, 15) is 0 Å². The van der Waals surface area contributed by atoms with E-state index in [-0.39, 0.29) is 0 Å². The maximum Gasteiger partial charge on any atom is 0.0809 e. The molecule has 0 aliphatic carbocycles. The predicted molar refractivity (Wildman–Crippen MR) is 90.0 cm³/mol. The average Bonchev–Trinajstić information content (AvgIpc) is 2.96. The van der Waals surface area contributed by atoms with Gasteiger partial charge in [-0.3, -0.25) is 0 Å². The molecule has 0 bridgehead atoms. The molecule has 1 aromatic carbocycles. The number of hydrogen-bond donors (Lipinski definition) is 1. The van der Waals surface area contributed by atoms with Crippen molar-refractivity contribution in [2.24, 2.45) is 0 Å². The van der Waals surface area contributed by atoms with E-state index in [1.165, 1.54) is 15.6 Å². The molecule has 2 atom stereocenters. The molecular weight excluding hydrogens is 365 g/mol. The van der Waals surface area contributed by atoms with E-state index >= 15 is 0 Å². The SMILES string of the molecule is CC(NCCCOCC1CCCO1)c1ccc(I)cc1. The van der Waals surface area contributed by atoms with Gasteiger partial charge in [0.1, 0.15) is 0 Å². The van der Waals surface area contributed by atoms with Gasteiger partial charge in [0.05, 0.1) is 12.7 Å². The summed E-state index contributed by atoms with van der Waals surface area (Å²) >= 11 is 2.33. The van der Waals surface area contributed by atoms with Crippen molar-refractivity contribution in [3.8, 4) is 0 Å². The van der Waals surface area contributed by atoms with E-state index in [0.717, 1.165) is 39.2 Å². The monoisotopic (exact) mass is 389 g/mol. The molecule has 20 heavy (non-hydrogen) atoms. The fourth-order valence-electron chi connectivity index (χ4n) is 2.35. The van der Waals surface area contributed by atoms with Crippen LogP contribution in [0.1, 0.15) is 37.8 Å². The van der Waals surface area contributed by atoms with Crippen molar-refractivity contribution in [1.29, 1.82) is 0 Å². The Hall–Kier alpha value is -0.170. The lowest BCUT2D eigenvalue weighted by Gasteiger charge is -2.15. The third-order valence-corrected chi connectivity index (χ3v) is 4.33. The second kappa shape index (κ2) is 8.97. The summed E-state index contributed by atoms with van der Waals surface area (Å²) in [6.07, 6.45) is 3.72. The van der Waals surface area contributed by atoms with Crippen LogP contribution in [-0.2, 0) is 9.47 Å². The molecule has 0 saturated carbocycles. The van der Waals surface area contributed by atoms with Crippen LogP contribution < -0.4 is 5.32 Å². The second-order valence-corrected chi connectivity index (χ2v) is 6.54. The minimum atomic E-state index is 0.341. The van der Waals surface area contributed by atoms with Crippen LogP contribution in [0.2, 0.25) is 0 Å². The van der Waals surface area contributed by atoms with Gasteiger partial charge in [0.15, 0.2) is 0 Å². The molecule has 1 heterocycles. The van der Waals surface area contributed by atoms with E-state index in [1.807, 2.05) is 0 Å². The molecule has 0 amide bonds. The normalized spacial score (nSPS) is 20.2. The van der Waals surface area contributed by atoms with Crippen molar-refractivity contribution in [3.63, 3.8) is 0 Å². The van der Waals surface area contributed by atoms with Gasteiger partial charge in [-0.05, 0) is 73.0 Å². The fraction of sp³-hybridized carbons (Fsp3) is 0.625. The van der Waals surface area contributed by atoms with Crippen molar-refractivity contribution in [2.75, 3.05) is 26.4 Å². The third kappa shape index (κ3) is 5.68. The van der Waals surface area contributed by atoms with Crippen LogP contribution in [0, 0.1) is 3.57 Å². The smallest absolute Gasteiger partial charge is 0.0809 e. The van der Waals surface area contributed by atoms with Crippen LogP contribution in [0.5, 0.6) is 0 Å². The fourth-order valence-corrected chi connectivity index (χ4v) is 2.71. The number of halogens is 1. The van der Waals surface area contributed by atoms with Crippen molar-refractivity contribution in [1.82, 2.24) is 5.32 Å². The summed E-state index contributed by atoms with van der Waals surface area (Å²) in [4.78, 5) is 0. The quantitative estimate of drug-likeness (QED) is 0.545. The standard InChI is InChI=1S/C16H24INO2/c1-13(14-5-7-15(17)8-6-14)18-9-3-10-19-12-16-4-2-11-20-16/h5-8,13,16,18H,2-4,9-12H2,1H3. The Morgan fingerprint density at radius 2 is 2.20 bits per heavy atom. The van der Waals surface area contributed by atoms with E-state index in [1.54, 1.807) is 0 Å². The third-order valence-electron chi connectivity index (χ3n) is 3.61. The highest BCUT2D eigenvalue weighted by molar-refractivity contribution is 14.1. The van der Waals surface area contributed by atoms with Gasteiger partial charge in [-0.25, -0.2) is 0 Å². The summed E-state index contributed by atoms with van der Waals surface area (Å²) in [5.41, 5.74) is 1.34. The summed E-state index contributed by atoms with van der Waals surface area (Å²) in [5.74, 6) is 0. The van der Waals surface area contributed by atoms with Crippen LogP contribution in [0.4, 0.5) is 0 Å². The average molecular weight is 389 g/mol. The largest absolute Gasteiger partial charge is 0.379 e. The lowest BCUT2D eigenvalue weighted by Crippen LogP contribution is -2.22. The molecule has 112 valence electrons. The maximum absolute atomic E-state index is 5.65. The van der Waals surface area contributed by atoms with Crippen LogP contribution in [-0.4, -0.2) is 32.5 Å². The van der Waals surface area contributed by atoms with Gasteiger partial charge < -0.3 is 14.8 Å². The molecule has 4 heteroatoms. The van der Waals surface area contributed by atoms with Gasteiger partial charge >= 0.3 is 0 Å². The molecule has 2 unspecified atom stereocenters. The first-order valence-electron chi connectivity index (χ1n) is 7.44. The van der Waals surface area contributed by atoms with Gasteiger partial charge in [0.25, 0.3) is 0 Å².